The molecule has 0 spiro atoms. The van der Waals surface area contributed by atoms with E-state index in [4.69, 9.17) is 0 Å². The second kappa shape index (κ2) is 7.84. The highest BCUT2D eigenvalue weighted by Gasteiger charge is 2.35. The first-order valence-corrected chi connectivity index (χ1v) is 6.44. The van der Waals surface area contributed by atoms with E-state index in [-0.39, 0.29) is 6.61 Å². The van der Waals surface area contributed by atoms with Crippen LogP contribution in [0.3, 0.4) is 0 Å². The number of esters is 2. The summed E-state index contributed by atoms with van der Waals surface area (Å²) in [5.74, 6) is -18.1. The Kier molecular flexibility index (Phi) is 6.38. The zero-order valence-electron chi connectivity index (χ0n) is 12.3. The molecule has 0 aliphatic carbocycles. The third kappa shape index (κ3) is 3.52. The van der Waals surface area contributed by atoms with Crippen LogP contribution in [0.5, 0.6) is 0 Å². The fraction of sp³-hybridized carbons (Fsp3) is 0.286. The minimum Gasteiger partial charge on any atom is -0.462 e. The Labute approximate surface area is 131 Å². The van der Waals surface area contributed by atoms with Gasteiger partial charge in [-0.2, -0.15) is 4.39 Å². The van der Waals surface area contributed by atoms with Gasteiger partial charge >= 0.3 is 11.9 Å². The number of hydrogen-bond acceptors (Lipinski definition) is 4. The van der Waals surface area contributed by atoms with E-state index in [0.29, 0.717) is 0 Å². The average Bonchev–Trinajstić information content (AvgIpc) is 2.54. The van der Waals surface area contributed by atoms with Crippen molar-refractivity contribution in [2.24, 2.45) is 0 Å². The second-order valence-corrected chi connectivity index (χ2v) is 4.07. The molecule has 0 heterocycles. The van der Waals surface area contributed by atoms with Crippen LogP contribution in [-0.4, -0.2) is 25.2 Å². The molecule has 0 bridgehead atoms. The number of hydrogen-bond donors (Lipinski definition) is 0. The summed E-state index contributed by atoms with van der Waals surface area (Å²) in [7, 11) is 0. The largest absolute Gasteiger partial charge is 0.462 e. The van der Waals surface area contributed by atoms with Gasteiger partial charge in [-0.05, 0) is 13.8 Å². The van der Waals surface area contributed by atoms with Crippen molar-refractivity contribution in [3.8, 4) is 0 Å². The van der Waals surface area contributed by atoms with E-state index in [1.807, 2.05) is 0 Å². The van der Waals surface area contributed by atoms with Crippen LogP contribution in [0.4, 0.5) is 26.3 Å². The minimum absolute atomic E-state index is 0.376. The molecule has 4 nitrogen and oxygen atoms in total. The standard InChI is InChI=1S/C14H10F6O4/c1-3-23-13(21)6(9(17)14(22)24-4-2)5-7(15)10(18)12(20)11(19)8(5)16/h3-4H2,1-2H3/b9-6-. The third-order valence-electron chi connectivity index (χ3n) is 2.61. The molecule has 0 aliphatic rings. The number of benzene rings is 1. The second-order valence-electron chi connectivity index (χ2n) is 4.07. The summed E-state index contributed by atoms with van der Waals surface area (Å²) in [6.45, 7) is 1.69. The summed E-state index contributed by atoms with van der Waals surface area (Å²) in [6, 6.07) is 0. The van der Waals surface area contributed by atoms with Crippen LogP contribution >= 0.6 is 0 Å². The Morgan fingerprint density at radius 2 is 1.12 bits per heavy atom. The van der Waals surface area contributed by atoms with Crippen molar-refractivity contribution in [3.63, 3.8) is 0 Å². The van der Waals surface area contributed by atoms with Crippen LogP contribution < -0.4 is 0 Å². The third-order valence-corrected chi connectivity index (χ3v) is 2.61. The van der Waals surface area contributed by atoms with E-state index < -0.39 is 64.6 Å². The predicted molar refractivity (Wildman–Crippen MR) is 67.5 cm³/mol. The maximum absolute atomic E-state index is 14.1. The molecule has 0 saturated carbocycles. The van der Waals surface area contributed by atoms with Crippen molar-refractivity contribution in [1.29, 1.82) is 0 Å². The fourth-order valence-corrected chi connectivity index (χ4v) is 1.63. The predicted octanol–water partition coefficient (Wildman–Crippen LogP) is 3.19. The summed E-state index contributed by atoms with van der Waals surface area (Å²) in [5.41, 5.74) is -3.68. The fourth-order valence-electron chi connectivity index (χ4n) is 1.63. The zero-order valence-corrected chi connectivity index (χ0v) is 12.3. The molecule has 0 amide bonds. The molecule has 24 heavy (non-hydrogen) atoms. The average molecular weight is 356 g/mol. The van der Waals surface area contributed by atoms with Crippen molar-refractivity contribution >= 4 is 17.5 Å². The van der Waals surface area contributed by atoms with Gasteiger partial charge in [-0.25, -0.2) is 31.5 Å². The van der Waals surface area contributed by atoms with E-state index in [2.05, 4.69) is 9.47 Å². The Bertz CT molecular complexity index is 685. The normalized spacial score (nSPS) is 11.8. The van der Waals surface area contributed by atoms with Crippen LogP contribution in [0, 0.1) is 29.1 Å². The SMILES string of the molecule is CCOC(=O)/C(F)=C(/C(=O)OCC)c1c(F)c(F)c(F)c(F)c1F. The van der Waals surface area contributed by atoms with Crippen molar-refractivity contribution in [3.05, 3.63) is 40.5 Å². The highest BCUT2D eigenvalue weighted by molar-refractivity contribution is 6.22. The van der Waals surface area contributed by atoms with Gasteiger partial charge in [0.1, 0.15) is 5.57 Å². The van der Waals surface area contributed by atoms with E-state index in [1.165, 1.54) is 13.8 Å². The number of rotatable bonds is 5. The summed E-state index contributed by atoms with van der Waals surface area (Å²) < 4.78 is 89.7. The maximum Gasteiger partial charge on any atom is 0.368 e. The molecule has 1 aromatic rings. The van der Waals surface area contributed by atoms with Gasteiger partial charge in [-0.3, -0.25) is 0 Å². The molecule has 0 saturated heterocycles. The number of carbonyl (C=O) groups excluding carboxylic acids is 2. The van der Waals surface area contributed by atoms with Gasteiger partial charge in [0.05, 0.1) is 18.8 Å². The van der Waals surface area contributed by atoms with Crippen LogP contribution in [-0.2, 0) is 19.1 Å². The summed E-state index contributed by atoms with van der Waals surface area (Å²) in [4.78, 5) is 23.1. The Morgan fingerprint density at radius 3 is 1.54 bits per heavy atom. The molecule has 0 fully saturated rings. The first kappa shape index (κ1) is 19.5. The molecule has 1 rings (SSSR count). The van der Waals surface area contributed by atoms with Gasteiger partial charge < -0.3 is 9.47 Å². The number of carbonyl (C=O) groups is 2. The Morgan fingerprint density at radius 1 is 0.750 bits per heavy atom. The van der Waals surface area contributed by atoms with Crippen molar-refractivity contribution in [2.45, 2.75) is 13.8 Å². The molecule has 0 unspecified atom stereocenters. The van der Waals surface area contributed by atoms with Crippen LogP contribution in [0.1, 0.15) is 19.4 Å². The molecular weight excluding hydrogens is 346 g/mol. The van der Waals surface area contributed by atoms with Gasteiger partial charge in [0, 0.05) is 0 Å². The number of ether oxygens (including phenoxy) is 2. The lowest BCUT2D eigenvalue weighted by Gasteiger charge is -2.12. The Balaban J connectivity index is 3.79. The van der Waals surface area contributed by atoms with Gasteiger partial charge in [-0.15, -0.1) is 0 Å². The van der Waals surface area contributed by atoms with Crippen LogP contribution in [0.15, 0.2) is 5.83 Å². The lowest BCUT2D eigenvalue weighted by Crippen LogP contribution is -2.18. The van der Waals surface area contributed by atoms with Crippen LogP contribution in [0.2, 0.25) is 0 Å². The zero-order chi connectivity index (χ0) is 18.6. The smallest absolute Gasteiger partial charge is 0.368 e. The van der Waals surface area contributed by atoms with Gasteiger partial charge in [-0.1, -0.05) is 0 Å². The number of halogens is 6. The molecule has 0 aromatic heterocycles. The lowest BCUT2D eigenvalue weighted by molar-refractivity contribution is -0.141. The molecular formula is C14H10F6O4. The lowest BCUT2D eigenvalue weighted by atomic mass is 10.0. The molecule has 0 aliphatic heterocycles. The molecule has 0 radical (unpaired) electrons. The van der Waals surface area contributed by atoms with E-state index in [1.54, 1.807) is 0 Å². The van der Waals surface area contributed by atoms with Crippen molar-refractivity contribution in [2.75, 3.05) is 13.2 Å². The highest BCUT2D eigenvalue weighted by atomic mass is 19.2. The van der Waals surface area contributed by atoms with Gasteiger partial charge in [0.2, 0.25) is 11.6 Å². The van der Waals surface area contributed by atoms with E-state index in [0.717, 1.165) is 0 Å². The summed E-state index contributed by atoms with van der Waals surface area (Å²) in [6.07, 6.45) is 0. The molecule has 0 atom stereocenters. The van der Waals surface area contributed by atoms with E-state index in [9.17, 15) is 35.9 Å². The summed E-state index contributed by atoms with van der Waals surface area (Å²) in [5, 5.41) is 0. The molecule has 10 heteroatoms. The topological polar surface area (TPSA) is 52.6 Å². The molecule has 132 valence electrons. The first-order chi connectivity index (χ1) is 11.2. The van der Waals surface area contributed by atoms with E-state index >= 15 is 0 Å². The van der Waals surface area contributed by atoms with Crippen LogP contribution in [0.25, 0.3) is 5.57 Å². The quantitative estimate of drug-likeness (QED) is 0.267. The summed E-state index contributed by atoms with van der Waals surface area (Å²) >= 11 is 0. The van der Waals surface area contributed by atoms with Gasteiger partial charge in [0.15, 0.2) is 23.3 Å². The minimum atomic E-state index is -2.51. The van der Waals surface area contributed by atoms with Crippen molar-refractivity contribution < 1.29 is 45.4 Å². The molecule has 1 aromatic carbocycles. The first-order valence-electron chi connectivity index (χ1n) is 6.44. The molecule has 0 N–H and O–H groups in total. The Hall–Kier alpha value is -2.52. The maximum atomic E-state index is 14.1. The monoisotopic (exact) mass is 356 g/mol. The highest BCUT2D eigenvalue weighted by Crippen LogP contribution is 2.32. The van der Waals surface area contributed by atoms with Crippen molar-refractivity contribution in [1.82, 2.24) is 0 Å². The van der Waals surface area contributed by atoms with Gasteiger partial charge in [0.25, 0.3) is 0 Å².